The summed E-state index contributed by atoms with van der Waals surface area (Å²) in [5.41, 5.74) is 8.34. The largest absolute Gasteiger partial charge is 0.309 e. The molecular formula is C54H33NS2. The van der Waals surface area contributed by atoms with Crippen molar-refractivity contribution in [2.45, 2.75) is 0 Å². The maximum absolute atomic E-state index is 2.52. The maximum Gasteiger partial charge on any atom is 0.0624 e. The zero-order valence-electron chi connectivity index (χ0n) is 30.8. The van der Waals surface area contributed by atoms with Crippen molar-refractivity contribution in [2.75, 3.05) is 4.90 Å². The molecule has 0 aliphatic rings. The zero-order valence-corrected chi connectivity index (χ0v) is 32.4. The first kappa shape index (κ1) is 32.5. The van der Waals surface area contributed by atoms with Crippen molar-refractivity contribution >= 4 is 112 Å². The van der Waals surface area contributed by atoms with Gasteiger partial charge in [-0.15, -0.1) is 22.7 Å². The third kappa shape index (κ3) is 5.13. The van der Waals surface area contributed by atoms with Crippen LogP contribution in [0.3, 0.4) is 0 Å². The summed E-state index contributed by atoms with van der Waals surface area (Å²) in [7, 11) is 0. The van der Waals surface area contributed by atoms with Gasteiger partial charge in [0.25, 0.3) is 0 Å². The average Bonchev–Trinajstić information content (AvgIpc) is 3.85. The molecule has 12 aromatic rings. The van der Waals surface area contributed by atoms with Gasteiger partial charge in [-0.1, -0.05) is 152 Å². The second-order valence-corrected chi connectivity index (χ2v) is 17.0. The van der Waals surface area contributed by atoms with Crippen molar-refractivity contribution in [3.8, 4) is 22.3 Å². The molecule has 0 radical (unpaired) electrons. The summed E-state index contributed by atoms with van der Waals surface area (Å²) >= 11 is 3.75. The van der Waals surface area contributed by atoms with E-state index in [1.165, 1.54) is 101 Å². The van der Waals surface area contributed by atoms with Crippen LogP contribution in [0.25, 0.3) is 94.9 Å². The molecule has 0 fully saturated rings. The van der Waals surface area contributed by atoms with Gasteiger partial charge in [-0.2, -0.15) is 0 Å². The van der Waals surface area contributed by atoms with Crippen LogP contribution in [-0.4, -0.2) is 0 Å². The summed E-state index contributed by atoms with van der Waals surface area (Å²) in [6.45, 7) is 0. The molecule has 2 heterocycles. The minimum atomic E-state index is 1.11. The Hall–Kier alpha value is -6.78. The van der Waals surface area contributed by atoms with Crippen LogP contribution in [0, 0.1) is 0 Å². The molecule has 10 aromatic carbocycles. The van der Waals surface area contributed by atoms with Gasteiger partial charge in [0.2, 0.25) is 0 Å². The van der Waals surface area contributed by atoms with Crippen molar-refractivity contribution in [3.63, 3.8) is 0 Å². The molecule has 266 valence electrons. The van der Waals surface area contributed by atoms with E-state index in [1.807, 2.05) is 22.7 Å². The molecule has 57 heavy (non-hydrogen) atoms. The number of hydrogen-bond acceptors (Lipinski definition) is 3. The van der Waals surface area contributed by atoms with Gasteiger partial charge in [0.1, 0.15) is 0 Å². The fourth-order valence-corrected chi connectivity index (χ4v) is 11.3. The SMILES string of the molecule is c1ccc2cc(-c3c(N(c4ccc(-c5cccc6c5sc5ccccc56)cc4)c4ccc5sc6ccccc6c5c4)c4ccccc4c4ccccc34)ccc2c1. The molecule has 0 atom stereocenters. The quantitative estimate of drug-likeness (QED) is 0.158. The van der Waals surface area contributed by atoms with Crippen LogP contribution in [0.1, 0.15) is 0 Å². The first-order valence-electron chi connectivity index (χ1n) is 19.4. The molecule has 0 saturated heterocycles. The summed E-state index contributed by atoms with van der Waals surface area (Å²) in [5, 5.41) is 12.6. The van der Waals surface area contributed by atoms with Gasteiger partial charge in [0, 0.05) is 62.7 Å². The minimum Gasteiger partial charge on any atom is -0.309 e. The van der Waals surface area contributed by atoms with E-state index in [4.69, 9.17) is 0 Å². The highest BCUT2D eigenvalue weighted by Crippen LogP contribution is 2.51. The molecule has 0 amide bonds. The predicted octanol–water partition coefficient (Wildman–Crippen LogP) is 16.7. The van der Waals surface area contributed by atoms with Crippen LogP contribution in [0.4, 0.5) is 17.1 Å². The van der Waals surface area contributed by atoms with E-state index in [1.54, 1.807) is 0 Å². The summed E-state index contributed by atoms with van der Waals surface area (Å²) < 4.78 is 5.26. The van der Waals surface area contributed by atoms with Gasteiger partial charge in [-0.25, -0.2) is 0 Å². The normalized spacial score (nSPS) is 11.9. The molecule has 0 aliphatic heterocycles. The van der Waals surface area contributed by atoms with Crippen molar-refractivity contribution < 1.29 is 0 Å². The Morgan fingerprint density at radius 1 is 0.316 bits per heavy atom. The summed E-state index contributed by atoms with van der Waals surface area (Å²) in [5.74, 6) is 0. The van der Waals surface area contributed by atoms with Crippen molar-refractivity contribution in [3.05, 3.63) is 200 Å². The number of anilines is 3. The Bertz CT molecular complexity index is 3530. The molecule has 0 spiro atoms. The Kier molecular flexibility index (Phi) is 7.34. The van der Waals surface area contributed by atoms with E-state index < -0.39 is 0 Å². The molecule has 12 rings (SSSR count). The van der Waals surface area contributed by atoms with E-state index in [9.17, 15) is 0 Å². The third-order valence-electron chi connectivity index (χ3n) is 11.6. The number of fused-ring (bicyclic) bond motifs is 10. The smallest absolute Gasteiger partial charge is 0.0624 e. The fourth-order valence-electron chi connectivity index (χ4n) is 9.02. The predicted molar refractivity (Wildman–Crippen MR) is 250 cm³/mol. The fraction of sp³-hybridized carbons (Fsp3) is 0. The van der Waals surface area contributed by atoms with Crippen molar-refractivity contribution in [1.29, 1.82) is 0 Å². The highest BCUT2D eigenvalue weighted by atomic mass is 32.1. The Morgan fingerprint density at radius 2 is 0.877 bits per heavy atom. The van der Waals surface area contributed by atoms with Gasteiger partial charge in [0.05, 0.1) is 5.69 Å². The average molecular weight is 760 g/mol. The Labute approximate surface area is 337 Å². The van der Waals surface area contributed by atoms with Crippen LogP contribution in [-0.2, 0) is 0 Å². The van der Waals surface area contributed by atoms with Crippen LogP contribution < -0.4 is 4.90 Å². The molecule has 0 N–H and O–H groups in total. The Morgan fingerprint density at radius 3 is 1.67 bits per heavy atom. The van der Waals surface area contributed by atoms with Crippen LogP contribution >= 0.6 is 22.7 Å². The topological polar surface area (TPSA) is 3.24 Å². The second-order valence-electron chi connectivity index (χ2n) is 14.8. The lowest BCUT2D eigenvalue weighted by Gasteiger charge is -2.31. The summed E-state index contributed by atoms with van der Waals surface area (Å²) in [6.07, 6.45) is 0. The van der Waals surface area contributed by atoms with E-state index in [0.717, 1.165) is 11.4 Å². The molecule has 0 unspecified atom stereocenters. The molecule has 0 bridgehead atoms. The first-order chi connectivity index (χ1) is 28.3. The minimum absolute atomic E-state index is 1.11. The molecule has 3 heteroatoms. The van der Waals surface area contributed by atoms with E-state index in [-0.39, 0.29) is 0 Å². The molecule has 0 aliphatic carbocycles. The van der Waals surface area contributed by atoms with Gasteiger partial charge < -0.3 is 4.90 Å². The van der Waals surface area contributed by atoms with E-state index in [0.29, 0.717) is 0 Å². The van der Waals surface area contributed by atoms with Crippen LogP contribution in [0.2, 0.25) is 0 Å². The van der Waals surface area contributed by atoms with Crippen LogP contribution in [0.5, 0.6) is 0 Å². The molecule has 2 aromatic heterocycles. The third-order valence-corrected chi connectivity index (χ3v) is 14.0. The lowest BCUT2D eigenvalue weighted by molar-refractivity contribution is 1.31. The van der Waals surface area contributed by atoms with Crippen molar-refractivity contribution in [1.82, 2.24) is 0 Å². The summed E-state index contributed by atoms with van der Waals surface area (Å²) in [6, 6.07) is 74.2. The van der Waals surface area contributed by atoms with Gasteiger partial charge in [0.15, 0.2) is 0 Å². The monoisotopic (exact) mass is 759 g/mol. The lowest BCUT2D eigenvalue weighted by atomic mass is 9.89. The lowest BCUT2D eigenvalue weighted by Crippen LogP contribution is -2.12. The van der Waals surface area contributed by atoms with E-state index >= 15 is 0 Å². The number of rotatable bonds is 5. The zero-order chi connectivity index (χ0) is 37.5. The van der Waals surface area contributed by atoms with Crippen molar-refractivity contribution in [2.24, 2.45) is 0 Å². The first-order valence-corrected chi connectivity index (χ1v) is 21.0. The second kappa shape index (κ2) is 12.9. The van der Waals surface area contributed by atoms with Gasteiger partial charge >= 0.3 is 0 Å². The molecule has 0 saturated carbocycles. The van der Waals surface area contributed by atoms with Gasteiger partial charge in [-0.05, 0) is 92.2 Å². The number of benzene rings is 10. The van der Waals surface area contributed by atoms with Gasteiger partial charge in [-0.3, -0.25) is 0 Å². The Balaban J connectivity index is 1.15. The number of nitrogens with zero attached hydrogens (tertiary/aromatic N) is 1. The highest BCUT2D eigenvalue weighted by Gasteiger charge is 2.24. The van der Waals surface area contributed by atoms with Crippen LogP contribution in [0.15, 0.2) is 200 Å². The molecular weight excluding hydrogens is 727 g/mol. The summed E-state index contributed by atoms with van der Waals surface area (Å²) in [4.78, 5) is 2.52. The highest BCUT2D eigenvalue weighted by molar-refractivity contribution is 7.26. The number of thiophene rings is 2. The standard InChI is InChI=1S/C54H33NS2/c1-2-13-36-32-37(25-24-34(36)12-1)52-45-18-5-3-14-41(45)42-15-4-6-19-46(42)53(52)55(39-30-31-51-48(33-39)44-17-8-9-22-49(44)56-51)38-28-26-35(27-29-38)40-20-11-21-47-43-16-7-10-23-50(43)57-54(40)47/h1-33H. The molecule has 1 nitrogen and oxygen atoms in total. The maximum atomic E-state index is 2.52. The van der Waals surface area contributed by atoms with E-state index in [2.05, 4.69) is 205 Å². The number of hydrogen-bond donors (Lipinski definition) is 0.